The standard InChI is InChI=1S/C14H14BrClF3NO/c1-8(9-2-3-9)20(7-14(17,18)19)13(21)10-4-5-11(15)12(16)6-10/h4-6,8-9H,2-3,7H2,1H3. The first-order chi connectivity index (χ1) is 9.69. The van der Waals surface area contributed by atoms with Crippen molar-refractivity contribution in [2.24, 2.45) is 5.92 Å². The smallest absolute Gasteiger partial charge is 0.327 e. The van der Waals surface area contributed by atoms with Crippen LogP contribution in [0.2, 0.25) is 5.02 Å². The lowest BCUT2D eigenvalue weighted by Crippen LogP contribution is -2.45. The molecule has 1 aliphatic carbocycles. The zero-order chi connectivity index (χ0) is 15.8. The summed E-state index contributed by atoms with van der Waals surface area (Å²) in [5.41, 5.74) is 0.167. The van der Waals surface area contributed by atoms with Gasteiger partial charge in [-0.25, -0.2) is 0 Å². The topological polar surface area (TPSA) is 20.3 Å². The number of alkyl halides is 3. The highest BCUT2D eigenvalue weighted by Gasteiger charge is 2.40. The summed E-state index contributed by atoms with van der Waals surface area (Å²) in [7, 11) is 0. The van der Waals surface area contributed by atoms with Crippen LogP contribution in [0, 0.1) is 5.92 Å². The molecule has 2 nitrogen and oxygen atoms in total. The maximum atomic E-state index is 12.7. The van der Waals surface area contributed by atoms with Crippen LogP contribution in [0.3, 0.4) is 0 Å². The van der Waals surface area contributed by atoms with Crippen LogP contribution in [0.1, 0.15) is 30.1 Å². The Balaban J connectivity index is 2.25. The number of carbonyl (C=O) groups is 1. The molecule has 1 atom stereocenters. The van der Waals surface area contributed by atoms with E-state index >= 15 is 0 Å². The number of halogens is 5. The van der Waals surface area contributed by atoms with E-state index < -0.39 is 24.7 Å². The van der Waals surface area contributed by atoms with E-state index in [4.69, 9.17) is 11.6 Å². The predicted molar refractivity (Wildman–Crippen MR) is 78.4 cm³/mol. The van der Waals surface area contributed by atoms with Crippen molar-refractivity contribution < 1.29 is 18.0 Å². The molecule has 1 fully saturated rings. The Hall–Kier alpha value is -0.750. The molecule has 1 saturated carbocycles. The molecule has 0 spiro atoms. The molecule has 1 aromatic carbocycles. The Morgan fingerprint density at radius 3 is 2.57 bits per heavy atom. The van der Waals surface area contributed by atoms with E-state index in [1.165, 1.54) is 12.1 Å². The van der Waals surface area contributed by atoms with Gasteiger partial charge in [0.1, 0.15) is 6.54 Å². The minimum Gasteiger partial charge on any atom is -0.327 e. The number of carbonyl (C=O) groups excluding carboxylic acids is 1. The number of benzene rings is 1. The lowest BCUT2D eigenvalue weighted by atomic mass is 10.1. The molecule has 0 bridgehead atoms. The van der Waals surface area contributed by atoms with E-state index in [2.05, 4.69) is 15.9 Å². The molecule has 0 saturated heterocycles. The Bertz CT molecular complexity index is 546. The summed E-state index contributed by atoms with van der Waals surface area (Å²) in [5.74, 6) is -0.483. The summed E-state index contributed by atoms with van der Waals surface area (Å²) in [5, 5.41) is 0.298. The molecule has 7 heteroatoms. The van der Waals surface area contributed by atoms with Gasteiger partial charge in [-0.05, 0) is 59.8 Å². The maximum absolute atomic E-state index is 12.7. The Labute approximate surface area is 134 Å². The molecule has 1 amide bonds. The van der Waals surface area contributed by atoms with Crippen LogP contribution < -0.4 is 0 Å². The zero-order valence-corrected chi connectivity index (χ0v) is 13.6. The van der Waals surface area contributed by atoms with Gasteiger partial charge in [-0.1, -0.05) is 11.6 Å². The van der Waals surface area contributed by atoms with Crippen molar-refractivity contribution in [3.8, 4) is 0 Å². The molecule has 0 aromatic heterocycles. The highest BCUT2D eigenvalue weighted by atomic mass is 79.9. The van der Waals surface area contributed by atoms with E-state index in [1.54, 1.807) is 13.0 Å². The lowest BCUT2D eigenvalue weighted by molar-refractivity contribution is -0.144. The average molecular weight is 385 g/mol. The summed E-state index contributed by atoms with van der Waals surface area (Å²) in [6.07, 6.45) is -2.69. The van der Waals surface area contributed by atoms with Crippen molar-refractivity contribution in [3.05, 3.63) is 33.3 Å². The quantitative estimate of drug-likeness (QED) is 0.722. The summed E-state index contributed by atoms with van der Waals surface area (Å²) >= 11 is 9.10. The van der Waals surface area contributed by atoms with Gasteiger partial charge in [0.25, 0.3) is 5.91 Å². The molecule has 1 unspecified atom stereocenters. The predicted octanol–water partition coefficient (Wildman–Crippen LogP) is 4.91. The van der Waals surface area contributed by atoms with Gasteiger partial charge in [-0.2, -0.15) is 13.2 Å². The number of amides is 1. The minimum absolute atomic E-state index is 0.155. The van der Waals surface area contributed by atoms with Crippen molar-refractivity contribution in [1.82, 2.24) is 4.90 Å². The molecular weight excluding hydrogens is 371 g/mol. The normalized spacial score (nSPS) is 16.7. The van der Waals surface area contributed by atoms with Crippen molar-refractivity contribution in [2.75, 3.05) is 6.54 Å². The third-order valence-corrected chi connectivity index (χ3v) is 4.81. The van der Waals surface area contributed by atoms with Crippen molar-refractivity contribution in [3.63, 3.8) is 0 Å². The van der Waals surface area contributed by atoms with Gasteiger partial charge in [0.2, 0.25) is 0 Å². The zero-order valence-electron chi connectivity index (χ0n) is 11.3. The van der Waals surface area contributed by atoms with E-state index in [1.807, 2.05) is 0 Å². The Morgan fingerprint density at radius 1 is 1.48 bits per heavy atom. The van der Waals surface area contributed by atoms with Crippen LogP contribution in [0.4, 0.5) is 13.2 Å². The summed E-state index contributed by atoms with van der Waals surface area (Å²) < 4.78 is 38.8. The second-order valence-electron chi connectivity index (χ2n) is 5.26. The summed E-state index contributed by atoms with van der Waals surface area (Å²) in [4.78, 5) is 13.3. The molecule has 0 aliphatic heterocycles. The van der Waals surface area contributed by atoms with Gasteiger partial charge in [-0.15, -0.1) is 0 Å². The second-order valence-corrected chi connectivity index (χ2v) is 6.52. The SMILES string of the molecule is CC(C1CC1)N(CC(F)(F)F)C(=O)c1ccc(Br)c(Cl)c1. The van der Waals surface area contributed by atoms with Crippen LogP contribution in [-0.2, 0) is 0 Å². The first-order valence-corrected chi connectivity index (χ1v) is 7.69. The third kappa shape index (κ3) is 4.36. The van der Waals surface area contributed by atoms with Crippen LogP contribution in [0.25, 0.3) is 0 Å². The molecule has 21 heavy (non-hydrogen) atoms. The summed E-state index contributed by atoms with van der Waals surface area (Å²) in [6, 6.07) is 3.99. The molecule has 1 aromatic rings. The van der Waals surface area contributed by atoms with Crippen molar-refractivity contribution >= 4 is 33.4 Å². The minimum atomic E-state index is -4.42. The van der Waals surface area contributed by atoms with Crippen LogP contribution >= 0.6 is 27.5 Å². The largest absolute Gasteiger partial charge is 0.406 e. The Morgan fingerprint density at radius 2 is 2.10 bits per heavy atom. The number of nitrogens with zero attached hydrogens (tertiary/aromatic N) is 1. The molecule has 0 N–H and O–H groups in total. The fraction of sp³-hybridized carbons (Fsp3) is 0.500. The van der Waals surface area contributed by atoms with Gasteiger partial charge in [-0.3, -0.25) is 4.79 Å². The molecular formula is C14H14BrClF3NO. The van der Waals surface area contributed by atoms with Crippen LogP contribution in [0.5, 0.6) is 0 Å². The first kappa shape index (κ1) is 16.6. The molecule has 0 heterocycles. The maximum Gasteiger partial charge on any atom is 0.406 e. The fourth-order valence-electron chi connectivity index (χ4n) is 2.22. The van der Waals surface area contributed by atoms with Gasteiger partial charge in [0, 0.05) is 16.1 Å². The molecule has 0 radical (unpaired) electrons. The monoisotopic (exact) mass is 383 g/mol. The second kappa shape index (κ2) is 6.16. The molecule has 116 valence electrons. The van der Waals surface area contributed by atoms with Crippen molar-refractivity contribution in [2.45, 2.75) is 32.0 Å². The Kier molecular flexibility index (Phi) is 4.88. The fourth-order valence-corrected chi connectivity index (χ4v) is 2.65. The molecule has 2 rings (SSSR count). The van der Waals surface area contributed by atoms with Crippen LogP contribution in [0.15, 0.2) is 22.7 Å². The van der Waals surface area contributed by atoms with E-state index in [0.29, 0.717) is 9.50 Å². The number of hydrogen-bond donors (Lipinski definition) is 0. The first-order valence-electron chi connectivity index (χ1n) is 6.52. The van der Waals surface area contributed by atoms with Gasteiger partial charge < -0.3 is 4.90 Å². The van der Waals surface area contributed by atoms with Crippen LogP contribution in [-0.4, -0.2) is 29.6 Å². The highest BCUT2D eigenvalue weighted by molar-refractivity contribution is 9.10. The lowest BCUT2D eigenvalue weighted by Gasteiger charge is -2.30. The summed E-state index contributed by atoms with van der Waals surface area (Å²) in [6.45, 7) is 0.430. The molecule has 1 aliphatic rings. The van der Waals surface area contributed by atoms with E-state index in [0.717, 1.165) is 17.7 Å². The van der Waals surface area contributed by atoms with Gasteiger partial charge >= 0.3 is 6.18 Å². The number of hydrogen-bond acceptors (Lipinski definition) is 1. The number of rotatable bonds is 4. The van der Waals surface area contributed by atoms with Crippen molar-refractivity contribution in [1.29, 1.82) is 0 Å². The van der Waals surface area contributed by atoms with Gasteiger partial charge in [0.15, 0.2) is 0 Å². The van der Waals surface area contributed by atoms with Gasteiger partial charge in [0.05, 0.1) is 5.02 Å². The van der Waals surface area contributed by atoms with E-state index in [-0.39, 0.29) is 11.5 Å². The average Bonchev–Trinajstić information content (AvgIpc) is 3.21. The highest BCUT2D eigenvalue weighted by Crippen LogP contribution is 2.37. The third-order valence-electron chi connectivity index (χ3n) is 3.57. The van der Waals surface area contributed by atoms with E-state index in [9.17, 15) is 18.0 Å².